The van der Waals surface area contributed by atoms with E-state index in [9.17, 15) is 9.59 Å². The van der Waals surface area contributed by atoms with Gasteiger partial charge in [-0.25, -0.2) is 0 Å². The maximum Gasteiger partial charge on any atom is 0.255 e. The molecule has 3 rings (SSSR count). The molecule has 0 fully saturated rings. The number of hydrogen-bond acceptors (Lipinski definition) is 3. The molecule has 2 amide bonds. The Morgan fingerprint density at radius 1 is 0.786 bits per heavy atom. The Bertz CT molecular complexity index is 964. The minimum atomic E-state index is -0.221. The van der Waals surface area contributed by atoms with Gasteiger partial charge in [0.15, 0.2) is 0 Å². The Morgan fingerprint density at radius 2 is 1.36 bits per heavy atom. The van der Waals surface area contributed by atoms with Gasteiger partial charge in [0.25, 0.3) is 11.8 Å². The number of nitrogens with one attached hydrogen (secondary N) is 2. The summed E-state index contributed by atoms with van der Waals surface area (Å²) in [7, 11) is 0. The molecule has 0 radical (unpaired) electrons. The van der Waals surface area contributed by atoms with Crippen LogP contribution in [0.15, 0.2) is 72.8 Å². The van der Waals surface area contributed by atoms with Crippen LogP contribution in [-0.2, 0) is 0 Å². The predicted octanol–water partition coefficient (Wildman–Crippen LogP) is 4.90. The maximum atomic E-state index is 12.4. The van der Waals surface area contributed by atoms with Crippen molar-refractivity contribution in [2.45, 2.75) is 13.8 Å². The highest BCUT2D eigenvalue weighted by Gasteiger charge is 2.10. The minimum Gasteiger partial charge on any atom is -0.494 e. The molecule has 0 unspecified atom stereocenters. The first-order valence-electron chi connectivity index (χ1n) is 9.08. The highest BCUT2D eigenvalue weighted by atomic mass is 16.5. The Labute approximate surface area is 164 Å². The second-order valence-electron chi connectivity index (χ2n) is 6.26. The van der Waals surface area contributed by atoms with E-state index < -0.39 is 0 Å². The summed E-state index contributed by atoms with van der Waals surface area (Å²) in [6.07, 6.45) is 0. The highest BCUT2D eigenvalue weighted by molar-refractivity contribution is 6.06. The topological polar surface area (TPSA) is 67.4 Å². The van der Waals surface area contributed by atoms with Gasteiger partial charge in [0, 0.05) is 22.5 Å². The van der Waals surface area contributed by atoms with Crippen molar-refractivity contribution >= 4 is 23.2 Å². The molecule has 3 aromatic carbocycles. The van der Waals surface area contributed by atoms with Crippen molar-refractivity contribution in [2.24, 2.45) is 0 Å². The first kappa shape index (κ1) is 19.2. The summed E-state index contributed by atoms with van der Waals surface area (Å²) in [6, 6.07) is 21.4. The van der Waals surface area contributed by atoms with Crippen molar-refractivity contribution in [1.82, 2.24) is 0 Å². The number of ether oxygens (including phenoxy) is 1. The summed E-state index contributed by atoms with van der Waals surface area (Å²) < 4.78 is 5.39. The molecule has 142 valence electrons. The van der Waals surface area contributed by atoms with E-state index in [4.69, 9.17) is 4.74 Å². The fourth-order valence-electron chi connectivity index (χ4n) is 2.74. The Balaban J connectivity index is 1.62. The smallest absolute Gasteiger partial charge is 0.255 e. The molecule has 0 aliphatic heterocycles. The third kappa shape index (κ3) is 4.76. The molecule has 0 bridgehead atoms. The average molecular weight is 374 g/mol. The van der Waals surface area contributed by atoms with Gasteiger partial charge in [0.05, 0.1) is 6.61 Å². The van der Waals surface area contributed by atoms with E-state index in [1.165, 1.54) is 0 Å². The molecule has 28 heavy (non-hydrogen) atoms. The molecule has 3 aromatic rings. The fraction of sp³-hybridized carbons (Fsp3) is 0.130. The van der Waals surface area contributed by atoms with Gasteiger partial charge in [-0.1, -0.05) is 18.2 Å². The van der Waals surface area contributed by atoms with Crippen molar-refractivity contribution in [3.8, 4) is 5.75 Å². The molecule has 0 aliphatic carbocycles. The van der Waals surface area contributed by atoms with E-state index >= 15 is 0 Å². The summed E-state index contributed by atoms with van der Waals surface area (Å²) in [5.41, 5.74) is 3.35. The van der Waals surface area contributed by atoms with Gasteiger partial charge in [-0.05, 0) is 74.0 Å². The number of rotatable bonds is 6. The molecule has 5 heteroatoms. The van der Waals surface area contributed by atoms with Crippen LogP contribution in [0.3, 0.4) is 0 Å². The lowest BCUT2D eigenvalue weighted by atomic mass is 10.1. The first-order valence-corrected chi connectivity index (χ1v) is 9.08. The Morgan fingerprint density at radius 3 is 1.96 bits per heavy atom. The van der Waals surface area contributed by atoms with E-state index in [2.05, 4.69) is 10.6 Å². The quantitative estimate of drug-likeness (QED) is 0.645. The van der Waals surface area contributed by atoms with Crippen molar-refractivity contribution in [1.29, 1.82) is 0 Å². The van der Waals surface area contributed by atoms with Crippen molar-refractivity contribution in [3.63, 3.8) is 0 Å². The normalized spacial score (nSPS) is 10.2. The summed E-state index contributed by atoms with van der Waals surface area (Å²) in [5, 5.41) is 5.69. The van der Waals surface area contributed by atoms with Crippen LogP contribution >= 0.6 is 0 Å². The number of benzene rings is 3. The van der Waals surface area contributed by atoms with Crippen molar-refractivity contribution in [3.05, 3.63) is 89.5 Å². The number of carbonyl (C=O) groups excluding carboxylic acids is 2. The second kappa shape index (κ2) is 8.86. The van der Waals surface area contributed by atoms with Gasteiger partial charge >= 0.3 is 0 Å². The van der Waals surface area contributed by atoms with Crippen LogP contribution in [0.4, 0.5) is 11.4 Å². The van der Waals surface area contributed by atoms with E-state index in [0.29, 0.717) is 29.1 Å². The zero-order valence-electron chi connectivity index (χ0n) is 15.9. The molecule has 0 aromatic heterocycles. The molecule has 0 aliphatic rings. The van der Waals surface area contributed by atoms with Gasteiger partial charge in [-0.2, -0.15) is 0 Å². The SMILES string of the molecule is CCOc1ccc(NC(=O)c2ccc(NC(=O)c3ccccc3C)cc2)cc1. The predicted molar refractivity (Wildman–Crippen MR) is 111 cm³/mol. The van der Waals surface area contributed by atoms with E-state index in [-0.39, 0.29) is 11.8 Å². The van der Waals surface area contributed by atoms with Crippen LogP contribution in [0, 0.1) is 6.92 Å². The molecule has 5 nitrogen and oxygen atoms in total. The molecule has 0 saturated heterocycles. The first-order chi connectivity index (χ1) is 13.6. The molecule has 0 heterocycles. The number of aryl methyl sites for hydroxylation is 1. The van der Waals surface area contributed by atoms with Crippen molar-refractivity contribution < 1.29 is 14.3 Å². The van der Waals surface area contributed by atoms with E-state index in [1.807, 2.05) is 44.2 Å². The number of amides is 2. The number of anilines is 2. The molecular weight excluding hydrogens is 352 g/mol. The number of hydrogen-bond donors (Lipinski definition) is 2. The summed E-state index contributed by atoms with van der Waals surface area (Å²) in [5.74, 6) is 0.361. The van der Waals surface area contributed by atoms with Crippen LogP contribution in [0.5, 0.6) is 5.75 Å². The molecular formula is C23H22N2O3. The molecule has 2 N–H and O–H groups in total. The third-order valence-corrected chi connectivity index (χ3v) is 4.22. The van der Waals surface area contributed by atoms with Crippen LogP contribution in [0.2, 0.25) is 0 Å². The van der Waals surface area contributed by atoms with Crippen LogP contribution in [-0.4, -0.2) is 18.4 Å². The lowest BCUT2D eigenvalue weighted by molar-refractivity contribution is 0.101. The third-order valence-electron chi connectivity index (χ3n) is 4.22. The van der Waals surface area contributed by atoms with Crippen LogP contribution in [0.25, 0.3) is 0 Å². The highest BCUT2D eigenvalue weighted by Crippen LogP contribution is 2.18. The summed E-state index contributed by atoms with van der Waals surface area (Å²) >= 11 is 0. The molecule has 0 spiro atoms. The standard InChI is InChI=1S/C23H22N2O3/c1-3-28-20-14-12-19(13-15-20)24-22(26)17-8-10-18(11-9-17)25-23(27)21-7-5-4-6-16(21)2/h4-15H,3H2,1-2H3,(H,24,26)(H,25,27). The van der Waals surface area contributed by atoms with Crippen molar-refractivity contribution in [2.75, 3.05) is 17.2 Å². The van der Waals surface area contributed by atoms with Gasteiger partial charge in [-0.3, -0.25) is 9.59 Å². The van der Waals surface area contributed by atoms with Crippen LogP contribution < -0.4 is 15.4 Å². The maximum absolute atomic E-state index is 12.4. The van der Waals surface area contributed by atoms with Crippen LogP contribution in [0.1, 0.15) is 33.2 Å². The number of carbonyl (C=O) groups is 2. The minimum absolute atomic E-state index is 0.176. The van der Waals surface area contributed by atoms with E-state index in [1.54, 1.807) is 42.5 Å². The summed E-state index contributed by atoms with van der Waals surface area (Å²) in [4.78, 5) is 24.8. The fourth-order valence-corrected chi connectivity index (χ4v) is 2.74. The average Bonchev–Trinajstić information content (AvgIpc) is 2.70. The van der Waals surface area contributed by atoms with Gasteiger partial charge in [0.2, 0.25) is 0 Å². The zero-order chi connectivity index (χ0) is 19.9. The lowest BCUT2D eigenvalue weighted by Crippen LogP contribution is -2.14. The van der Waals surface area contributed by atoms with Gasteiger partial charge < -0.3 is 15.4 Å². The van der Waals surface area contributed by atoms with Gasteiger partial charge in [0.1, 0.15) is 5.75 Å². The largest absolute Gasteiger partial charge is 0.494 e. The zero-order valence-corrected chi connectivity index (χ0v) is 15.9. The monoisotopic (exact) mass is 374 g/mol. The lowest BCUT2D eigenvalue weighted by Gasteiger charge is -2.09. The van der Waals surface area contributed by atoms with Gasteiger partial charge in [-0.15, -0.1) is 0 Å². The Hall–Kier alpha value is -3.60. The Kier molecular flexibility index (Phi) is 6.07. The summed E-state index contributed by atoms with van der Waals surface area (Å²) in [6.45, 7) is 4.41. The van der Waals surface area contributed by atoms with E-state index in [0.717, 1.165) is 11.3 Å². The molecule has 0 atom stereocenters. The second-order valence-corrected chi connectivity index (χ2v) is 6.26. The molecule has 0 saturated carbocycles.